The van der Waals surface area contributed by atoms with Crippen LogP contribution in [0, 0.1) is 0 Å². The fraction of sp³-hybridized carbons (Fsp3) is 0.400. The largest absolute Gasteiger partial charge is 0.396 e. The van der Waals surface area contributed by atoms with E-state index in [0.717, 1.165) is 37.2 Å². The number of hydrogen-bond donors (Lipinski definition) is 2. The number of aldehydes is 1. The highest BCUT2D eigenvalue weighted by molar-refractivity contribution is 6.36. The Labute approximate surface area is 165 Å². The molecular weight excluding hydrogens is 403 g/mol. The summed E-state index contributed by atoms with van der Waals surface area (Å²) in [6, 6.07) is 0. The fourth-order valence-corrected chi connectivity index (χ4v) is 2.77. The van der Waals surface area contributed by atoms with Gasteiger partial charge in [-0.2, -0.15) is 5.10 Å². The summed E-state index contributed by atoms with van der Waals surface area (Å²) in [4.78, 5) is 21.3. The van der Waals surface area contributed by atoms with E-state index in [0.29, 0.717) is 6.29 Å². The van der Waals surface area contributed by atoms with E-state index in [2.05, 4.69) is 25.4 Å². The second kappa shape index (κ2) is 10.4. The van der Waals surface area contributed by atoms with Gasteiger partial charge in [0.25, 0.3) is 0 Å². The average molecular weight is 420 g/mol. The number of unbranched alkanes of at least 4 members (excludes halogenated alkanes) is 2. The zero-order chi connectivity index (χ0) is 18.9. The molecule has 140 valence electrons. The maximum absolute atomic E-state index is 10.2. The normalized spacial score (nSPS) is 14.8. The van der Waals surface area contributed by atoms with Crippen molar-refractivity contribution in [3.8, 4) is 0 Å². The van der Waals surface area contributed by atoms with E-state index in [-0.39, 0.29) is 28.0 Å². The van der Waals surface area contributed by atoms with Crippen LogP contribution in [-0.4, -0.2) is 44.1 Å². The number of halogens is 3. The lowest BCUT2D eigenvalue weighted by molar-refractivity contribution is 0.112. The molecule has 0 saturated carbocycles. The van der Waals surface area contributed by atoms with Crippen molar-refractivity contribution in [2.75, 3.05) is 11.9 Å². The van der Waals surface area contributed by atoms with Gasteiger partial charge in [-0.3, -0.25) is 9.79 Å². The molecule has 0 saturated heterocycles. The summed E-state index contributed by atoms with van der Waals surface area (Å²) < 4.78 is 1.90. The quantitative estimate of drug-likeness (QED) is 0.245. The minimum atomic E-state index is -0.331. The highest BCUT2D eigenvalue weighted by atomic mass is 35.5. The van der Waals surface area contributed by atoms with Crippen LogP contribution in [0.1, 0.15) is 40.7 Å². The lowest BCUT2D eigenvalue weighted by atomic mass is 10.2. The number of hydrogen-bond acceptors (Lipinski definition) is 7. The lowest BCUT2D eigenvalue weighted by Gasteiger charge is -2.14. The number of carbonyl (C=O) groups excluding carboxylic acids is 1. The molecular formula is C15H17Cl3N6O2. The molecule has 0 aliphatic carbocycles. The molecule has 0 radical (unpaired) electrons. The van der Waals surface area contributed by atoms with Crippen molar-refractivity contribution in [3.63, 3.8) is 0 Å². The Morgan fingerprint density at radius 1 is 1.23 bits per heavy atom. The van der Waals surface area contributed by atoms with Crippen molar-refractivity contribution in [2.45, 2.75) is 31.3 Å². The molecule has 1 aliphatic rings. The molecule has 3 heterocycles. The van der Waals surface area contributed by atoms with Gasteiger partial charge in [-0.15, -0.1) is 0 Å². The molecule has 2 aromatic rings. The fourth-order valence-electron chi connectivity index (χ4n) is 2.15. The number of aliphatic imine (C=N–C) groups is 1. The third-order valence-corrected chi connectivity index (χ3v) is 4.41. The van der Waals surface area contributed by atoms with E-state index in [1.807, 2.05) is 4.68 Å². The van der Waals surface area contributed by atoms with E-state index >= 15 is 0 Å². The first-order chi connectivity index (χ1) is 12.6. The molecule has 0 spiro atoms. The maximum atomic E-state index is 10.2. The topological polar surface area (TPSA) is 105 Å². The van der Waals surface area contributed by atoms with Gasteiger partial charge >= 0.3 is 0 Å². The van der Waals surface area contributed by atoms with Gasteiger partial charge in [-0.1, -0.05) is 34.8 Å². The monoisotopic (exact) mass is 418 g/mol. The number of nitrogens with zero attached hydrogens (tertiary/aromatic N) is 5. The summed E-state index contributed by atoms with van der Waals surface area (Å²) >= 11 is 16.9. The number of aryl methyl sites for hydroxylation is 1. The van der Waals surface area contributed by atoms with E-state index in [1.165, 1.54) is 6.33 Å². The van der Waals surface area contributed by atoms with Crippen LogP contribution in [0.25, 0.3) is 0 Å². The molecule has 1 unspecified atom stereocenters. The summed E-state index contributed by atoms with van der Waals surface area (Å²) in [5.41, 5.74) is 0.722. The van der Waals surface area contributed by atoms with Crippen molar-refractivity contribution in [3.05, 3.63) is 34.0 Å². The molecule has 1 aliphatic heterocycles. The summed E-state index contributed by atoms with van der Waals surface area (Å²) in [7, 11) is 0. The number of nitrogens with one attached hydrogen (secondary N) is 1. The Hall–Kier alpha value is -1.74. The summed E-state index contributed by atoms with van der Waals surface area (Å²) in [5.74, 6) is 0.930. The molecule has 3 rings (SSSR count). The molecule has 2 aromatic heterocycles. The Morgan fingerprint density at radius 3 is 2.58 bits per heavy atom. The zero-order valence-corrected chi connectivity index (χ0v) is 15.9. The van der Waals surface area contributed by atoms with Gasteiger partial charge in [0.15, 0.2) is 11.8 Å². The van der Waals surface area contributed by atoms with Crippen molar-refractivity contribution >= 4 is 53.2 Å². The van der Waals surface area contributed by atoms with E-state index < -0.39 is 0 Å². The Bertz CT molecular complexity index is 748. The third kappa shape index (κ3) is 5.38. The van der Waals surface area contributed by atoms with Crippen LogP contribution in [0.5, 0.6) is 0 Å². The minimum absolute atomic E-state index is 0.0787. The van der Waals surface area contributed by atoms with Crippen LogP contribution < -0.4 is 5.32 Å². The first kappa shape index (κ1) is 20.6. The average Bonchev–Trinajstić information content (AvgIpc) is 3.04. The number of aromatic nitrogens is 4. The number of aliphatic hydroxyl groups is 1. The molecule has 0 fully saturated rings. The minimum Gasteiger partial charge on any atom is -0.396 e. The Balaban J connectivity index is 0.000000209. The number of alkyl halides is 1. The van der Waals surface area contributed by atoms with Crippen LogP contribution in [0.15, 0.2) is 17.5 Å². The van der Waals surface area contributed by atoms with Crippen LogP contribution in [0.4, 0.5) is 5.82 Å². The van der Waals surface area contributed by atoms with Crippen LogP contribution in [0.3, 0.4) is 0 Å². The number of aliphatic hydroxyl groups excluding tert-OH is 1. The number of rotatable bonds is 6. The van der Waals surface area contributed by atoms with Crippen molar-refractivity contribution in [1.29, 1.82) is 0 Å². The smallest absolute Gasteiger partial charge is 0.156 e. The van der Waals surface area contributed by atoms with Gasteiger partial charge in [-0.25, -0.2) is 14.6 Å². The van der Waals surface area contributed by atoms with Crippen LogP contribution in [-0.2, 0) is 6.54 Å². The second-order valence-electron chi connectivity index (χ2n) is 5.20. The lowest BCUT2D eigenvalue weighted by Crippen LogP contribution is -2.11. The Morgan fingerprint density at radius 2 is 1.96 bits per heavy atom. The second-order valence-corrected chi connectivity index (χ2v) is 6.33. The summed E-state index contributed by atoms with van der Waals surface area (Å²) in [5, 5.41) is 16.2. The molecule has 11 heteroatoms. The maximum Gasteiger partial charge on any atom is 0.156 e. The predicted molar refractivity (Wildman–Crippen MR) is 101 cm³/mol. The Kier molecular flexibility index (Phi) is 8.24. The summed E-state index contributed by atoms with van der Waals surface area (Å²) in [6.45, 7) is 1.09. The molecule has 1 atom stereocenters. The van der Waals surface area contributed by atoms with E-state index in [4.69, 9.17) is 39.9 Å². The summed E-state index contributed by atoms with van der Waals surface area (Å²) in [6.07, 6.45) is 7.91. The molecule has 26 heavy (non-hydrogen) atoms. The molecule has 0 amide bonds. The predicted octanol–water partition coefficient (Wildman–Crippen LogP) is 3.33. The van der Waals surface area contributed by atoms with Gasteiger partial charge < -0.3 is 10.4 Å². The standard InChI is InChI=1S/C10H15ClN4O.C5H2Cl2N2O/c11-9-8-6-14-15(4-2-1-3-5-16)10(8)13-7-12-9;6-4-3(1-10)5(7)9-2-8-4/h6-7,9,16H,1-5H2,(H,12,13);1-2H. The van der Waals surface area contributed by atoms with Crippen molar-refractivity contribution < 1.29 is 9.90 Å². The SMILES string of the molecule is O=Cc1c(Cl)ncnc1Cl.OCCCCCn1ncc2c1NC=NC2Cl. The number of anilines is 1. The number of fused-ring (bicyclic) bond motifs is 1. The van der Waals surface area contributed by atoms with E-state index in [9.17, 15) is 4.79 Å². The zero-order valence-electron chi connectivity index (χ0n) is 13.6. The van der Waals surface area contributed by atoms with Gasteiger partial charge in [0.2, 0.25) is 0 Å². The highest BCUT2D eigenvalue weighted by Gasteiger charge is 2.19. The first-order valence-corrected chi connectivity index (χ1v) is 8.97. The number of carbonyl (C=O) groups is 1. The third-order valence-electron chi connectivity index (χ3n) is 3.46. The molecule has 8 nitrogen and oxygen atoms in total. The van der Waals surface area contributed by atoms with Crippen LogP contribution >= 0.6 is 34.8 Å². The highest BCUT2D eigenvalue weighted by Crippen LogP contribution is 2.31. The van der Waals surface area contributed by atoms with Gasteiger partial charge in [-0.05, 0) is 19.3 Å². The van der Waals surface area contributed by atoms with E-state index in [1.54, 1.807) is 12.5 Å². The van der Waals surface area contributed by atoms with Gasteiger partial charge in [0.05, 0.1) is 23.7 Å². The first-order valence-electron chi connectivity index (χ1n) is 7.78. The molecule has 0 bridgehead atoms. The molecule has 2 N–H and O–H groups in total. The van der Waals surface area contributed by atoms with Gasteiger partial charge in [0, 0.05) is 13.2 Å². The van der Waals surface area contributed by atoms with Crippen LogP contribution in [0.2, 0.25) is 10.3 Å². The van der Waals surface area contributed by atoms with Gasteiger partial charge in [0.1, 0.15) is 22.5 Å². The van der Waals surface area contributed by atoms with Crippen molar-refractivity contribution in [2.24, 2.45) is 4.99 Å². The molecule has 0 aromatic carbocycles. The van der Waals surface area contributed by atoms with Crippen molar-refractivity contribution in [1.82, 2.24) is 19.7 Å².